The number of rotatable bonds is 2. The van der Waals surface area contributed by atoms with Gasteiger partial charge in [0.1, 0.15) is 5.58 Å². The fourth-order valence-corrected chi connectivity index (χ4v) is 2.94. The van der Waals surface area contributed by atoms with Crippen LogP contribution in [0.1, 0.15) is 31.2 Å². The minimum absolute atomic E-state index is 0.0159. The summed E-state index contributed by atoms with van der Waals surface area (Å²) in [5, 5.41) is 10.2. The van der Waals surface area contributed by atoms with Crippen molar-refractivity contribution in [2.24, 2.45) is 5.92 Å². The van der Waals surface area contributed by atoms with Crippen LogP contribution in [0, 0.1) is 5.92 Å². The van der Waals surface area contributed by atoms with Crippen LogP contribution in [0.4, 0.5) is 0 Å². The summed E-state index contributed by atoms with van der Waals surface area (Å²) in [5.41, 5.74) is 1.85. The maximum atomic E-state index is 11.8. The lowest BCUT2D eigenvalue weighted by Crippen LogP contribution is -2.19. The van der Waals surface area contributed by atoms with Crippen LogP contribution in [0.2, 0.25) is 0 Å². The van der Waals surface area contributed by atoms with E-state index >= 15 is 0 Å². The molecule has 3 rings (SSSR count). The highest BCUT2D eigenvalue weighted by molar-refractivity contribution is 5.76. The molecule has 1 aliphatic carbocycles. The number of aliphatic hydroxyl groups excluding tert-OH is 1. The quantitative estimate of drug-likeness (QED) is 0.901. The number of hydrogen-bond acceptors (Lipinski definition) is 3. The summed E-state index contributed by atoms with van der Waals surface area (Å²) in [5.74, 6) is 0.622. The summed E-state index contributed by atoms with van der Waals surface area (Å²) in [6.45, 7) is 0. The molecule has 1 saturated carbocycles. The molecule has 100 valence electrons. The van der Waals surface area contributed by atoms with Crippen LogP contribution in [0.15, 0.2) is 39.7 Å². The van der Waals surface area contributed by atoms with E-state index in [-0.39, 0.29) is 11.5 Å². The molecule has 3 nitrogen and oxygen atoms in total. The molecule has 3 heteroatoms. The summed E-state index contributed by atoms with van der Waals surface area (Å²) in [6, 6.07) is 7.33. The predicted molar refractivity (Wildman–Crippen MR) is 74.2 cm³/mol. The maximum Gasteiger partial charge on any atom is 0.192 e. The maximum absolute atomic E-state index is 11.8. The zero-order chi connectivity index (χ0) is 13.2. The summed E-state index contributed by atoms with van der Waals surface area (Å²) >= 11 is 0. The van der Waals surface area contributed by atoms with Crippen LogP contribution in [-0.2, 0) is 6.42 Å². The van der Waals surface area contributed by atoms with E-state index in [9.17, 15) is 9.90 Å². The highest BCUT2D eigenvalue weighted by atomic mass is 16.3. The Balaban J connectivity index is 1.82. The first-order valence-electron chi connectivity index (χ1n) is 6.91. The Morgan fingerprint density at radius 1 is 1.16 bits per heavy atom. The number of aliphatic hydroxyl groups is 1. The largest absolute Gasteiger partial charge is 0.464 e. The standard InChI is InChI=1S/C16H18O3/c17-13-4-1-11(2-5-13)9-12-3-6-16-14(10-12)15(18)7-8-19-16/h3,6-8,10-11,13,17H,1-2,4-5,9H2. The molecule has 0 atom stereocenters. The molecule has 0 aliphatic heterocycles. The van der Waals surface area contributed by atoms with Crippen molar-refractivity contribution >= 4 is 11.0 Å². The molecule has 0 amide bonds. The van der Waals surface area contributed by atoms with Gasteiger partial charge in [0.25, 0.3) is 0 Å². The summed E-state index contributed by atoms with van der Waals surface area (Å²) in [7, 11) is 0. The lowest BCUT2D eigenvalue weighted by atomic mass is 9.83. The van der Waals surface area contributed by atoms with Crippen molar-refractivity contribution in [1.82, 2.24) is 0 Å². The van der Waals surface area contributed by atoms with E-state index in [0.29, 0.717) is 16.9 Å². The Morgan fingerprint density at radius 3 is 2.74 bits per heavy atom. The van der Waals surface area contributed by atoms with Gasteiger partial charge in [-0.05, 0) is 55.7 Å². The van der Waals surface area contributed by atoms with Gasteiger partial charge in [-0.3, -0.25) is 4.79 Å². The Kier molecular flexibility index (Phi) is 3.38. The average molecular weight is 258 g/mol. The molecule has 1 heterocycles. The van der Waals surface area contributed by atoms with Gasteiger partial charge in [0, 0.05) is 6.07 Å². The van der Waals surface area contributed by atoms with Crippen molar-refractivity contribution in [3.63, 3.8) is 0 Å². The van der Waals surface area contributed by atoms with Crippen LogP contribution in [-0.4, -0.2) is 11.2 Å². The van der Waals surface area contributed by atoms with Gasteiger partial charge in [-0.2, -0.15) is 0 Å². The third kappa shape index (κ3) is 2.71. The zero-order valence-corrected chi connectivity index (χ0v) is 10.8. The third-order valence-electron chi connectivity index (χ3n) is 4.06. The first-order valence-corrected chi connectivity index (χ1v) is 6.91. The van der Waals surface area contributed by atoms with Crippen LogP contribution in [0.25, 0.3) is 11.0 Å². The smallest absolute Gasteiger partial charge is 0.192 e. The van der Waals surface area contributed by atoms with E-state index in [0.717, 1.165) is 32.1 Å². The van der Waals surface area contributed by atoms with Crippen molar-refractivity contribution in [3.05, 3.63) is 46.3 Å². The Morgan fingerprint density at radius 2 is 1.95 bits per heavy atom. The number of fused-ring (bicyclic) bond motifs is 1. The van der Waals surface area contributed by atoms with Gasteiger partial charge < -0.3 is 9.52 Å². The molecule has 0 saturated heterocycles. The number of hydrogen-bond donors (Lipinski definition) is 1. The van der Waals surface area contributed by atoms with Crippen LogP contribution >= 0.6 is 0 Å². The lowest BCUT2D eigenvalue weighted by Gasteiger charge is -2.25. The molecule has 0 radical (unpaired) electrons. The van der Waals surface area contributed by atoms with E-state index in [1.165, 1.54) is 17.9 Å². The van der Waals surface area contributed by atoms with Gasteiger partial charge in [-0.25, -0.2) is 0 Å². The molecule has 1 aromatic carbocycles. The third-order valence-corrected chi connectivity index (χ3v) is 4.06. The van der Waals surface area contributed by atoms with Crippen LogP contribution < -0.4 is 5.43 Å². The van der Waals surface area contributed by atoms with E-state index in [1.807, 2.05) is 18.2 Å². The SMILES string of the molecule is O=c1ccoc2ccc(CC3CCC(O)CC3)cc12. The van der Waals surface area contributed by atoms with E-state index < -0.39 is 0 Å². The Bertz CT molecular complexity index is 621. The minimum Gasteiger partial charge on any atom is -0.464 e. The first-order chi connectivity index (χ1) is 9.22. The van der Waals surface area contributed by atoms with Crippen molar-refractivity contribution in [2.45, 2.75) is 38.2 Å². The fourth-order valence-electron chi connectivity index (χ4n) is 2.94. The molecule has 1 fully saturated rings. The molecular formula is C16H18O3. The minimum atomic E-state index is -0.111. The Labute approximate surface area is 111 Å². The predicted octanol–water partition coefficient (Wildman–Crippen LogP) is 2.89. The Hall–Kier alpha value is -1.61. The van der Waals surface area contributed by atoms with Gasteiger partial charge in [0.15, 0.2) is 5.43 Å². The van der Waals surface area contributed by atoms with Gasteiger partial charge in [0.2, 0.25) is 0 Å². The van der Waals surface area contributed by atoms with Crippen molar-refractivity contribution in [1.29, 1.82) is 0 Å². The zero-order valence-electron chi connectivity index (χ0n) is 10.8. The topological polar surface area (TPSA) is 50.4 Å². The second-order valence-electron chi connectivity index (χ2n) is 5.49. The summed E-state index contributed by atoms with van der Waals surface area (Å²) in [4.78, 5) is 11.8. The van der Waals surface area contributed by atoms with E-state index in [1.54, 1.807) is 0 Å². The van der Waals surface area contributed by atoms with Crippen molar-refractivity contribution < 1.29 is 9.52 Å². The van der Waals surface area contributed by atoms with Gasteiger partial charge in [0.05, 0.1) is 17.8 Å². The molecule has 19 heavy (non-hydrogen) atoms. The molecule has 1 aliphatic rings. The van der Waals surface area contributed by atoms with E-state index in [2.05, 4.69) is 0 Å². The lowest BCUT2D eigenvalue weighted by molar-refractivity contribution is 0.109. The van der Waals surface area contributed by atoms with Gasteiger partial charge >= 0.3 is 0 Å². The molecule has 0 spiro atoms. The van der Waals surface area contributed by atoms with Gasteiger partial charge in [-0.1, -0.05) is 6.07 Å². The van der Waals surface area contributed by atoms with Crippen molar-refractivity contribution in [2.75, 3.05) is 0 Å². The molecule has 0 bridgehead atoms. The molecule has 1 aromatic heterocycles. The highest BCUT2D eigenvalue weighted by Crippen LogP contribution is 2.27. The van der Waals surface area contributed by atoms with Gasteiger partial charge in [-0.15, -0.1) is 0 Å². The molecule has 1 N–H and O–H groups in total. The molecule has 0 unspecified atom stereocenters. The normalized spacial score (nSPS) is 23.6. The second kappa shape index (κ2) is 5.17. The number of benzene rings is 1. The monoisotopic (exact) mass is 258 g/mol. The second-order valence-corrected chi connectivity index (χ2v) is 5.49. The first kappa shape index (κ1) is 12.4. The van der Waals surface area contributed by atoms with Crippen molar-refractivity contribution in [3.8, 4) is 0 Å². The summed E-state index contributed by atoms with van der Waals surface area (Å²) in [6.07, 6.45) is 6.26. The fraction of sp³-hybridized carbons (Fsp3) is 0.438. The van der Waals surface area contributed by atoms with E-state index in [4.69, 9.17) is 4.42 Å². The highest BCUT2D eigenvalue weighted by Gasteiger charge is 2.19. The van der Waals surface area contributed by atoms with Crippen LogP contribution in [0.5, 0.6) is 0 Å². The average Bonchev–Trinajstić information content (AvgIpc) is 2.42. The molecular weight excluding hydrogens is 240 g/mol. The molecule has 2 aromatic rings. The summed E-state index contributed by atoms with van der Waals surface area (Å²) < 4.78 is 5.32. The van der Waals surface area contributed by atoms with Crippen LogP contribution in [0.3, 0.4) is 0 Å².